The number of piperidine rings is 1. The van der Waals surface area contributed by atoms with Gasteiger partial charge in [-0.25, -0.2) is 9.97 Å². The minimum Gasteiger partial charge on any atom is -0.378 e. The molecule has 2 aliphatic heterocycles. The number of morpholine rings is 1. The number of hydrogen-bond acceptors (Lipinski definition) is 6. The minimum absolute atomic E-state index is 0.125. The quantitative estimate of drug-likeness (QED) is 0.812. The number of carbonyl (C=O) groups is 1. The Balaban J connectivity index is 1.75. The number of hydrogen-bond donors (Lipinski definition) is 0. The highest BCUT2D eigenvalue weighted by molar-refractivity contribution is 5.95. The van der Waals surface area contributed by atoms with Crippen LogP contribution in [-0.2, 0) is 11.8 Å². The summed E-state index contributed by atoms with van der Waals surface area (Å²) >= 11 is 0. The molecule has 0 unspecified atom stereocenters. The van der Waals surface area contributed by atoms with Gasteiger partial charge in [0.05, 0.1) is 24.8 Å². The first-order chi connectivity index (χ1) is 11.7. The molecule has 24 heavy (non-hydrogen) atoms. The van der Waals surface area contributed by atoms with E-state index in [0.29, 0.717) is 32.0 Å². The summed E-state index contributed by atoms with van der Waals surface area (Å²) in [5.41, 5.74) is 0.710. The minimum atomic E-state index is -0.125. The molecule has 4 heterocycles. The second-order valence-electron chi connectivity index (χ2n) is 6.33. The largest absolute Gasteiger partial charge is 0.378 e. The SMILES string of the molecule is Cn1ncc2c(N3CCCCC3)nc(C(=O)N3CCOCC3)nc21. The van der Waals surface area contributed by atoms with E-state index in [1.54, 1.807) is 15.8 Å². The van der Waals surface area contributed by atoms with Crippen molar-refractivity contribution in [2.24, 2.45) is 7.05 Å². The zero-order valence-electron chi connectivity index (χ0n) is 13.9. The van der Waals surface area contributed by atoms with Crippen molar-refractivity contribution in [2.75, 3.05) is 44.3 Å². The molecule has 0 saturated carbocycles. The molecule has 8 nitrogen and oxygen atoms in total. The van der Waals surface area contributed by atoms with Crippen molar-refractivity contribution in [2.45, 2.75) is 19.3 Å². The average Bonchev–Trinajstić information content (AvgIpc) is 3.03. The summed E-state index contributed by atoms with van der Waals surface area (Å²) in [4.78, 5) is 26.0. The first kappa shape index (κ1) is 15.3. The van der Waals surface area contributed by atoms with Gasteiger partial charge in [-0.3, -0.25) is 9.48 Å². The monoisotopic (exact) mass is 330 g/mol. The number of nitrogens with zero attached hydrogens (tertiary/aromatic N) is 6. The Morgan fingerprint density at radius 3 is 2.58 bits per heavy atom. The van der Waals surface area contributed by atoms with E-state index < -0.39 is 0 Å². The number of anilines is 1. The van der Waals surface area contributed by atoms with Crippen LogP contribution in [0.5, 0.6) is 0 Å². The van der Waals surface area contributed by atoms with Crippen LogP contribution in [-0.4, -0.2) is 69.9 Å². The lowest BCUT2D eigenvalue weighted by Crippen LogP contribution is -2.41. The zero-order chi connectivity index (χ0) is 16.5. The molecule has 2 aromatic heterocycles. The van der Waals surface area contributed by atoms with Crippen LogP contribution in [0.25, 0.3) is 11.0 Å². The Hall–Kier alpha value is -2.22. The van der Waals surface area contributed by atoms with Crippen molar-refractivity contribution in [3.05, 3.63) is 12.0 Å². The van der Waals surface area contributed by atoms with Crippen LogP contribution in [0.2, 0.25) is 0 Å². The molecule has 4 rings (SSSR count). The molecule has 2 aliphatic rings. The summed E-state index contributed by atoms with van der Waals surface area (Å²) in [6.45, 7) is 4.24. The molecule has 0 aliphatic carbocycles. The second-order valence-corrected chi connectivity index (χ2v) is 6.33. The second kappa shape index (κ2) is 6.35. The Kier molecular flexibility index (Phi) is 4.05. The van der Waals surface area contributed by atoms with Gasteiger partial charge in [0.2, 0.25) is 5.82 Å². The van der Waals surface area contributed by atoms with Crippen LogP contribution in [0.15, 0.2) is 6.20 Å². The molecular weight excluding hydrogens is 308 g/mol. The third-order valence-electron chi connectivity index (χ3n) is 4.72. The van der Waals surface area contributed by atoms with Gasteiger partial charge in [-0.1, -0.05) is 0 Å². The maximum Gasteiger partial charge on any atom is 0.291 e. The van der Waals surface area contributed by atoms with Crippen LogP contribution in [0.3, 0.4) is 0 Å². The summed E-state index contributed by atoms with van der Waals surface area (Å²) < 4.78 is 7.03. The van der Waals surface area contributed by atoms with Crippen molar-refractivity contribution < 1.29 is 9.53 Å². The van der Waals surface area contributed by atoms with Gasteiger partial charge in [-0.15, -0.1) is 0 Å². The van der Waals surface area contributed by atoms with E-state index in [2.05, 4.69) is 20.0 Å². The summed E-state index contributed by atoms with van der Waals surface area (Å²) in [6.07, 6.45) is 5.34. The molecule has 8 heteroatoms. The fourth-order valence-corrected chi connectivity index (χ4v) is 3.36. The van der Waals surface area contributed by atoms with Crippen molar-refractivity contribution in [3.63, 3.8) is 0 Å². The summed E-state index contributed by atoms with van der Waals surface area (Å²) in [5, 5.41) is 5.22. The highest BCUT2D eigenvalue weighted by atomic mass is 16.5. The highest BCUT2D eigenvalue weighted by Gasteiger charge is 2.25. The Morgan fingerprint density at radius 1 is 1.08 bits per heavy atom. The summed E-state index contributed by atoms with van der Waals surface area (Å²) in [6, 6.07) is 0. The van der Waals surface area contributed by atoms with Crippen LogP contribution < -0.4 is 4.90 Å². The van der Waals surface area contributed by atoms with E-state index in [4.69, 9.17) is 4.74 Å². The number of ether oxygens (including phenoxy) is 1. The molecule has 2 saturated heterocycles. The fourth-order valence-electron chi connectivity index (χ4n) is 3.36. The van der Waals surface area contributed by atoms with Gasteiger partial charge < -0.3 is 14.5 Å². The number of amides is 1. The molecule has 0 atom stereocenters. The topological polar surface area (TPSA) is 76.4 Å². The number of rotatable bonds is 2. The van der Waals surface area contributed by atoms with Gasteiger partial charge in [0, 0.05) is 33.2 Å². The smallest absolute Gasteiger partial charge is 0.291 e. The number of fused-ring (bicyclic) bond motifs is 1. The van der Waals surface area contributed by atoms with Crippen LogP contribution in [0, 0.1) is 0 Å². The Labute approximate surface area is 140 Å². The molecule has 2 fully saturated rings. The van der Waals surface area contributed by atoms with Crippen LogP contribution >= 0.6 is 0 Å². The molecule has 0 bridgehead atoms. The molecule has 128 valence electrons. The zero-order valence-corrected chi connectivity index (χ0v) is 13.9. The van der Waals surface area contributed by atoms with Gasteiger partial charge >= 0.3 is 0 Å². The number of aryl methyl sites for hydroxylation is 1. The molecule has 0 spiro atoms. The summed E-state index contributed by atoms with van der Waals surface area (Å²) in [5.74, 6) is 0.970. The predicted octanol–water partition coefficient (Wildman–Crippen LogP) is 0.826. The maximum atomic E-state index is 12.8. The lowest BCUT2D eigenvalue weighted by Gasteiger charge is -2.29. The first-order valence-corrected chi connectivity index (χ1v) is 8.56. The van der Waals surface area contributed by atoms with E-state index in [-0.39, 0.29) is 11.7 Å². The molecule has 1 amide bonds. The Morgan fingerprint density at radius 2 is 1.83 bits per heavy atom. The number of aromatic nitrogens is 4. The Bertz CT molecular complexity index is 746. The van der Waals surface area contributed by atoms with E-state index in [9.17, 15) is 4.79 Å². The van der Waals surface area contributed by atoms with Crippen molar-refractivity contribution in [1.29, 1.82) is 0 Å². The van der Waals surface area contributed by atoms with Gasteiger partial charge in [0.15, 0.2) is 5.65 Å². The highest BCUT2D eigenvalue weighted by Crippen LogP contribution is 2.26. The van der Waals surface area contributed by atoms with Gasteiger partial charge in [0.1, 0.15) is 5.82 Å². The standard InChI is InChI=1S/C16H22N6O2/c1-20-14-12(11-17-20)15(21-5-3-2-4-6-21)19-13(18-14)16(23)22-7-9-24-10-8-22/h11H,2-10H2,1H3. The van der Waals surface area contributed by atoms with Gasteiger partial charge in [-0.05, 0) is 19.3 Å². The lowest BCUT2D eigenvalue weighted by atomic mass is 10.1. The van der Waals surface area contributed by atoms with Gasteiger partial charge in [0.25, 0.3) is 5.91 Å². The molecular formula is C16H22N6O2. The summed E-state index contributed by atoms with van der Waals surface area (Å²) in [7, 11) is 1.85. The van der Waals surface area contributed by atoms with E-state index in [0.717, 1.165) is 37.1 Å². The van der Waals surface area contributed by atoms with E-state index in [1.165, 1.54) is 6.42 Å². The molecule has 0 radical (unpaired) electrons. The molecule has 0 aromatic carbocycles. The van der Waals surface area contributed by atoms with Crippen molar-refractivity contribution in [3.8, 4) is 0 Å². The van der Waals surface area contributed by atoms with Crippen molar-refractivity contribution in [1.82, 2.24) is 24.6 Å². The lowest BCUT2D eigenvalue weighted by molar-refractivity contribution is 0.0295. The van der Waals surface area contributed by atoms with Crippen molar-refractivity contribution >= 4 is 22.8 Å². The fraction of sp³-hybridized carbons (Fsp3) is 0.625. The van der Waals surface area contributed by atoms with Crippen LogP contribution in [0.1, 0.15) is 29.9 Å². The predicted molar refractivity (Wildman–Crippen MR) is 89.1 cm³/mol. The average molecular weight is 330 g/mol. The third kappa shape index (κ3) is 2.71. The first-order valence-electron chi connectivity index (χ1n) is 8.56. The molecule has 2 aromatic rings. The number of carbonyl (C=O) groups excluding carboxylic acids is 1. The molecule has 0 N–H and O–H groups in total. The third-order valence-corrected chi connectivity index (χ3v) is 4.72. The van der Waals surface area contributed by atoms with E-state index in [1.807, 2.05) is 7.05 Å². The van der Waals surface area contributed by atoms with Gasteiger partial charge in [-0.2, -0.15) is 5.10 Å². The normalized spacial score (nSPS) is 19.0. The van der Waals surface area contributed by atoms with Crippen LogP contribution in [0.4, 0.5) is 5.82 Å². The van der Waals surface area contributed by atoms with E-state index >= 15 is 0 Å². The maximum absolute atomic E-state index is 12.8.